The van der Waals surface area contributed by atoms with Crippen LogP contribution >= 0.6 is 0 Å². The lowest BCUT2D eigenvalue weighted by atomic mass is 10.0. The van der Waals surface area contributed by atoms with E-state index < -0.39 is 17.9 Å². The summed E-state index contributed by atoms with van der Waals surface area (Å²) in [7, 11) is 1.48. The summed E-state index contributed by atoms with van der Waals surface area (Å²) in [6, 6.07) is 6.34. The molecule has 5 nitrogen and oxygen atoms in total. The van der Waals surface area contributed by atoms with Gasteiger partial charge in [0.1, 0.15) is 5.75 Å². The Morgan fingerprint density at radius 2 is 1.89 bits per heavy atom. The summed E-state index contributed by atoms with van der Waals surface area (Å²) in [6.45, 7) is 3.21. The quantitative estimate of drug-likeness (QED) is 0.832. The predicted molar refractivity (Wildman–Crippen MR) is 66.7 cm³/mol. The van der Waals surface area contributed by atoms with Crippen LogP contribution in [0.2, 0.25) is 0 Å². The molecule has 0 saturated carbocycles. The van der Waals surface area contributed by atoms with Gasteiger partial charge in [0.05, 0.1) is 18.6 Å². The van der Waals surface area contributed by atoms with Crippen molar-refractivity contribution in [3.8, 4) is 5.75 Å². The van der Waals surface area contributed by atoms with E-state index in [1.807, 2.05) is 0 Å². The fourth-order valence-corrected chi connectivity index (χ4v) is 1.46. The molecule has 0 spiro atoms. The van der Waals surface area contributed by atoms with Crippen molar-refractivity contribution in [3.05, 3.63) is 29.8 Å². The van der Waals surface area contributed by atoms with Crippen molar-refractivity contribution in [1.29, 1.82) is 0 Å². The van der Waals surface area contributed by atoms with Crippen molar-refractivity contribution >= 4 is 11.9 Å². The Morgan fingerprint density at radius 1 is 1.28 bits per heavy atom. The maximum absolute atomic E-state index is 12.0. The fraction of sp³-hybridized carbons (Fsp3) is 0.385. The zero-order chi connectivity index (χ0) is 13.7. The van der Waals surface area contributed by atoms with Gasteiger partial charge in [0.15, 0.2) is 0 Å². The molecular formula is C13H17NO4. The van der Waals surface area contributed by atoms with Crippen molar-refractivity contribution in [2.75, 3.05) is 7.11 Å². The molecule has 0 bridgehead atoms. The van der Waals surface area contributed by atoms with Gasteiger partial charge in [0, 0.05) is 6.04 Å². The summed E-state index contributed by atoms with van der Waals surface area (Å²) in [4.78, 5) is 22.8. The number of benzene rings is 1. The molecule has 0 saturated heterocycles. The molecule has 0 aromatic heterocycles. The molecule has 18 heavy (non-hydrogen) atoms. The fourth-order valence-electron chi connectivity index (χ4n) is 1.46. The van der Waals surface area contributed by atoms with Crippen LogP contribution in [-0.4, -0.2) is 30.1 Å². The number of amides is 1. The third-order valence-corrected chi connectivity index (χ3v) is 2.85. The number of methoxy groups -OCH3 is 1. The van der Waals surface area contributed by atoms with Gasteiger partial charge < -0.3 is 15.2 Å². The van der Waals surface area contributed by atoms with Crippen molar-refractivity contribution in [3.63, 3.8) is 0 Å². The predicted octanol–water partition coefficient (Wildman–Crippen LogP) is 1.53. The summed E-state index contributed by atoms with van der Waals surface area (Å²) in [5, 5.41) is 11.5. The number of hydrogen-bond acceptors (Lipinski definition) is 3. The molecule has 0 heterocycles. The second-order valence-corrected chi connectivity index (χ2v) is 4.09. The normalized spacial score (nSPS) is 13.5. The molecule has 5 heteroatoms. The second kappa shape index (κ2) is 6.05. The van der Waals surface area contributed by atoms with Gasteiger partial charge in [-0.2, -0.15) is 0 Å². The Labute approximate surface area is 106 Å². The summed E-state index contributed by atoms with van der Waals surface area (Å²) in [5.74, 6) is -1.47. The Balaban J connectivity index is 2.79. The Kier molecular flexibility index (Phi) is 4.71. The third-order valence-electron chi connectivity index (χ3n) is 2.85. The van der Waals surface area contributed by atoms with Gasteiger partial charge in [0.25, 0.3) is 5.91 Å². The molecule has 0 aliphatic rings. The highest BCUT2D eigenvalue weighted by molar-refractivity contribution is 5.97. The first-order valence-electron chi connectivity index (χ1n) is 5.64. The monoisotopic (exact) mass is 251 g/mol. The van der Waals surface area contributed by atoms with E-state index in [2.05, 4.69) is 5.32 Å². The van der Waals surface area contributed by atoms with E-state index in [-0.39, 0.29) is 5.91 Å². The molecule has 98 valence electrons. The van der Waals surface area contributed by atoms with Crippen molar-refractivity contribution in [1.82, 2.24) is 5.32 Å². The van der Waals surface area contributed by atoms with Crippen LogP contribution in [0, 0.1) is 5.92 Å². The number of carbonyl (C=O) groups excluding carboxylic acids is 1. The van der Waals surface area contributed by atoms with E-state index in [1.165, 1.54) is 7.11 Å². The van der Waals surface area contributed by atoms with Gasteiger partial charge in [-0.25, -0.2) is 0 Å². The lowest BCUT2D eigenvalue weighted by Crippen LogP contribution is -2.40. The number of aliphatic carboxylic acids is 1. The van der Waals surface area contributed by atoms with Crippen molar-refractivity contribution < 1.29 is 19.4 Å². The largest absolute Gasteiger partial charge is 0.496 e. The van der Waals surface area contributed by atoms with Crippen LogP contribution in [0.25, 0.3) is 0 Å². The number of carboxylic acid groups (broad SMARTS) is 1. The van der Waals surface area contributed by atoms with Crippen LogP contribution in [0.15, 0.2) is 24.3 Å². The van der Waals surface area contributed by atoms with E-state index in [4.69, 9.17) is 9.84 Å². The topological polar surface area (TPSA) is 75.6 Å². The number of carboxylic acids is 1. The summed E-state index contributed by atoms with van der Waals surface area (Å²) in [6.07, 6.45) is 0. The first-order valence-corrected chi connectivity index (χ1v) is 5.64. The minimum absolute atomic E-state index is 0.340. The highest BCUT2D eigenvalue weighted by Gasteiger charge is 2.22. The SMILES string of the molecule is COc1ccccc1C(=O)NC(C)C(C)C(=O)O. The maximum atomic E-state index is 12.0. The number of carbonyl (C=O) groups is 2. The molecule has 1 aromatic rings. The first kappa shape index (κ1) is 14.0. The third kappa shape index (κ3) is 3.23. The average Bonchev–Trinajstić information content (AvgIpc) is 2.37. The van der Waals surface area contributed by atoms with E-state index in [0.717, 1.165) is 0 Å². The van der Waals surface area contributed by atoms with Gasteiger partial charge in [0.2, 0.25) is 0 Å². The Bertz CT molecular complexity index is 444. The van der Waals surface area contributed by atoms with Crippen LogP contribution in [0.1, 0.15) is 24.2 Å². The van der Waals surface area contributed by atoms with Crippen LogP contribution in [0.5, 0.6) is 5.75 Å². The molecule has 1 aromatic carbocycles. The standard InChI is InChI=1S/C13H17NO4/c1-8(13(16)17)9(2)14-12(15)10-6-4-5-7-11(10)18-3/h4-9H,1-3H3,(H,14,15)(H,16,17). The zero-order valence-electron chi connectivity index (χ0n) is 10.6. The van der Waals surface area contributed by atoms with Crippen LogP contribution in [0.3, 0.4) is 0 Å². The maximum Gasteiger partial charge on any atom is 0.308 e. The molecule has 2 atom stereocenters. The number of para-hydroxylation sites is 1. The number of rotatable bonds is 5. The highest BCUT2D eigenvalue weighted by Crippen LogP contribution is 2.17. The van der Waals surface area contributed by atoms with Crippen LogP contribution in [0.4, 0.5) is 0 Å². The van der Waals surface area contributed by atoms with Gasteiger partial charge in [-0.05, 0) is 26.0 Å². The van der Waals surface area contributed by atoms with E-state index >= 15 is 0 Å². The Hall–Kier alpha value is -2.04. The van der Waals surface area contributed by atoms with Gasteiger partial charge in [-0.1, -0.05) is 12.1 Å². The molecule has 2 N–H and O–H groups in total. The summed E-state index contributed by atoms with van der Waals surface area (Å²) in [5.41, 5.74) is 0.393. The van der Waals surface area contributed by atoms with Gasteiger partial charge in [-0.3, -0.25) is 9.59 Å². The molecule has 0 aliphatic carbocycles. The minimum atomic E-state index is -0.942. The van der Waals surface area contributed by atoms with E-state index in [0.29, 0.717) is 11.3 Å². The van der Waals surface area contributed by atoms with E-state index in [9.17, 15) is 9.59 Å². The van der Waals surface area contributed by atoms with Gasteiger partial charge >= 0.3 is 5.97 Å². The summed E-state index contributed by atoms with van der Waals surface area (Å²) < 4.78 is 5.08. The molecule has 2 unspecified atom stereocenters. The molecule has 1 rings (SSSR count). The molecule has 1 amide bonds. The van der Waals surface area contributed by atoms with Crippen LogP contribution < -0.4 is 10.1 Å². The molecular weight excluding hydrogens is 234 g/mol. The van der Waals surface area contributed by atoms with Crippen molar-refractivity contribution in [2.24, 2.45) is 5.92 Å². The first-order chi connectivity index (χ1) is 8.47. The summed E-state index contributed by atoms with van der Waals surface area (Å²) >= 11 is 0. The van der Waals surface area contributed by atoms with Gasteiger partial charge in [-0.15, -0.1) is 0 Å². The highest BCUT2D eigenvalue weighted by atomic mass is 16.5. The van der Waals surface area contributed by atoms with Crippen molar-refractivity contribution in [2.45, 2.75) is 19.9 Å². The number of hydrogen-bond donors (Lipinski definition) is 2. The number of ether oxygens (including phenoxy) is 1. The lowest BCUT2D eigenvalue weighted by Gasteiger charge is -2.18. The smallest absolute Gasteiger partial charge is 0.308 e. The Morgan fingerprint density at radius 3 is 2.44 bits per heavy atom. The molecule has 0 aliphatic heterocycles. The zero-order valence-corrected chi connectivity index (χ0v) is 10.6. The van der Waals surface area contributed by atoms with Crippen LogP contribution in [-0.2, 0) is 4.79 Å². The molecule has 0 fully saturated rings. The minimum Gasteiger partial charge on any atom is -0.496 e. The molecule has 0 radical (unpaired) electrons. The number of nitrogens with one attached hydrogen (secondary N) is 1. The second-order valence-electron chi connectivity index (χ2n) is 4.09. The lowest BCUT2D eigenvalue weighted by molar-refractivity contribution is -0.141. The van der Waals surface area contributed by atoms with E-state index in [1.54, 1.807) is 38.1 Å². The average molecular weight is 251 g/mol.